The minimum Gasteiger partial charge on any atom is -0.328 e. The molecule has 2 heterocycles. The summed E-state index contributed by atoms with van der Waals surface area (Å²) < 4.78 is 0.919. The lowest BCUT2D eigenvalue weighted by Crippen LogP contribution is -2.13. The van der Waals surface area contributed by atoms with Crippen LogP contribution in [0.4, 0.5) is 5.95 Å². The smallest absolute Gasteiger partial charge is 0.227 e. The lowest BCUT2D eigenvalue weighted by Gasteiger charge is -2.02. The molecule has 0 aliphatic carbocycles. The van der Waals surface area contributed by atoms with Gasteiger partial charge in [-0.05, 0) is 40.9 Å². The number of hydrogen-bond acceptors (Lipinski definition) is 3. The summed E-state index contributed by atoms with van der Waals surface area (Å²) in [6.45, 7) is 1.88. The zero-order chi connectivity index (χ0) is 13.0. The molecule has 94 valence electrons. The Bertz CT molecular complexity index is 553. The summed E-state index contributed by atoms with van der Waals surface area (Å²) in [4.78, 5) is 22.7. The van der Waals surface area contributed by atoms with E-state index in [-0.39, 0.29) is 5.91 Å². The van der Waals surface area contributed by atoms with Crippen LogP contribution < -0.4 is 5.32 Å². The first-order valence-electron chi connectivity index (χ1n) is 5.54. The largest absolute Gasteiger partial charge is 0.328 e. The highest BCUT2D eigenvalue weighted by molar-refractivity contribution is 9.10. The summed E-state index contributed by atoms with van der Waals surface area (Å²) in [6, 6.07) is 1.96. The second-order valence-electron chi connectivity index (χ2n) is 3.97. The number of anilines is 1. The number of pyridine rings is 1. The van der Waals surface area contributed by atoms with Gasteiger partial charge in [0.15, 0.2) is 0 Å². The van der Waals surface area contributed by atoms with Gasteiger partial charge in [0.2, 0.25) is 11.9 Å². The van der Waals surface area contributed by atoms with Gasteiger partial charge in [-0.2, -0.15) is 0 Å². The predicted octanol–water partition coefficient (Wildman–Crippen LogP) is 2.45. The number of carbonyl (C=O) groups is 1. The second-order valence-corrected chi connectivity index (χ2v) is 4.89. The third kappa shape index (κ3) is 3.66. The third-order valence-electron chi connectivity index (χ3n) is 2.36. The van der Waals surface area contributed by atoms with Crippen LogP contribution in [0, 0.1) is 6.92 Å². The summed E-state index contributed by atoms with van der Waals surface area (Å²) >= 11 is 3.35. The van der Waals surface area contributed by atoms with E-state index in [0.717, 1.165) is 15.7 Å². The van der Waals surface area contributed by atoms with E-state index in [9.17, 15) is 4.79 Å². The normalized spacial score (nSPS) is 10.3. The van der Waals surface area contributed by atoms with Crippen LogP contribution in [0.3, 0.4) is 0 Å². The van der Waals surface area contributed by atoms with E-state index in [0.29, 0.717) is 18.8 Å². The second kappa shape index (κ2) is 5.77. The van der Waals surface area contributed by atoms with Crippen LogP contribution >= 0.6 is 15.9 Å². The molecular formula is C12H13BrN4O. The molecule has 2 aromatic rings. The highest BCUT2D eigenvalue weighted by atomic mass is 79.9. The molecule has 0 saturated heterocycles. The van der Waals surface area contributed by atoms with E-state index in [1.807, 2.05) is 13.0 Å². The van der Waals surface area contributed by atoms with Crippen molar-refractivity contribution in [3.8, 4) is 0 Å². The summed E-state index contributed by atoms with van der Waals surface area (Å²) in [5.41, 5.74) is 1.94. The molecule has 0 bridgehead atoms. The first kappa shape index (κ1) is 12.8. The summed E-state index contributed by atoms with van der Waals surface area (Å²) in [5, 5.41) is 2.71. The fourth-order valence-corrected chi connectivity index (χ4v) is 1.93. The van der Waals surface area contributed by atoms with Crippen LogP contribution in [0.25, 0.3) is 0 Å². The third-order valence-corrected chi connectivity index (χ3v) is 2.80. The van der Waals surface area contributed by atoms with Crippen molar-refractivity contribution in [1.29, 1.82) is 0 Å². The average molecular weight is 309 g/mol. The number of amides is 1. The fourth-order valence-electron chi connectivity index (χ4n) is 1.52. The van der Waals surface area contributed by atoms with Crippen LogP contribution in [0.2, 0.25) is 0 Å². The minimum atomic E-state index is -0.0654. The van der Waals surface area contributed by atoms with Crippen molar-refractivity contribution in [2.24, 2.45) is 0 Å². The molecule has 0 atom stereocenters. The molecule has 2 rings (SSSR count). The number of rotatable bonds is 4. The molecule has 0 radical (unpaired) electrons. The molecule has 0 spiro atoms. The number of halogens is 1. The average Bonchev–Trinajstić information content (AvgIpc) is 2.72. The Morgan fingerprint density at radius 1 is 1.44 bits per heavy atom. The van der Waals surface area contributed by atoms with E-state index < -0.39 is 0 Å². The van der Waals surface area contributed by atoms with Gasteiger partial charge in [-0.25, -0.2) is 4.98 Å². The standard InChI is InChI=1S/C12H13BrN4O/c1-8-5-15-12(16-8)17-11(18)3-2-9-4-10(13)7-14-6-9/h4-7H,2-3H2,1H3,(H2,15,16,17,18). The van der Waals surface area contributed by atoms with Crippen molar-refractivity contribution in [3.63, 3.8) is 0 Å². The maximum Gasteiger partial charge on any atom is 0.227 e. The minimum absolute atomic E-state index is 0.0654. The summed E-state index contributed by atoms with van der Waals surface area (Å²) in [5.74, 6) is 0.425. The molecule has 0 aliphatic rings. The molecule has 0 fully saturated rings. The lowest BCUT2D eigenvalue weighted by atomic mass is 10.1. The van der Waals surface area contributed by atoms with Gasteiger partial charge in [0, 0.05) is 35.2 Å². The molecule has 0 aliphatic heterocycles. The highest BCUT2D eigenvalue weighted by Gasteiger charge is 2.05. The Hall–Kier alpha value is -1.69. The van der Waals surface area contributed by atoms with Crippen molar-refractivity contribution in [1.82, 2.24) is 15.0 Å². The van der Waals surface area contributed by atoms with Crippen LogP contribution in [0.5, 0.6) is 0 Å². The number of nitrogens with one attached hydrogen (secondary N) is 2. The summed E-state index contributed by atoms with van der Waals surface area (Å²) in [6.07, 6.45) is 6.20. The van der Waals surface area contributed by atoms with E-state index in [1.165, 1.54) is 0 Å². The molecule has 0 aromatic carbocycles. The van der Waals surface area contributed by atoms with Crippen molar-refractivity contribution in [3.05, 3.63) is 40.4 Å². The quantitative estimate of drug-likeness (QED) is 0.911. The Balaban J connectivity index is 1.85. The van der Waals surface area contributed by atoms with Gasteiger partial charge in [0.25, 0.3) is 0 Å². The first-order chi connectivity index (χ1) is 8.63. The van der Waals surface area contributed by atoms with Gasteiger partial charge in [-0.1, -0.05) is 0 Å². The zero-order valence-corrected chi connectivity index (χ0v) is 11.5. The highest BCUT2D eigenvalue weighted by Crippen LogP contribution is 2.11. The van der Waals surface area contributed by atoms with Gasteiger partial charge < -0.3 is 4.98 Å². The van der Waals surface area contributed by atoms with Crippen molar-refractivity contribution >= 4 is 27.8 Å². The molecule has 2 N–H and O–H groups in total. The molecule has 1 amide bonds. The van der Waals surface area contributed by atoms with E-state index in [1.54, 1.807) is 18.6 Å². The number of nitrogens with zero attached hydrogens (tertiary/aromatic N) is 2. The molecule has 5 nitrogen and oxygen atoms in total. The van der Waals surface area contributed by atoms with Gasteiger partial charge in [-0.3, -0.25) is 15.1 Å². The number of imidazole rings is 1. The fraction of sp³-hybridized carbons (Fsp3) is 0.250. The molecule has 6 heteroatoms. The predicted molar refractivity (Wildman–Crippen MR) is 72.2 cm³/mol. The van der Waals surface area contributed by atoms with Crippen LogP contribution in [0.15, 0.2) is 29.1 Å². The molecule has 0 saturated carbocycles. The van der Waals surface area contributed by atoms with Crippen molar-refractivity contribution in [2.45, 2.75) is 19.8 Å². The summed E-state index contributed by atoms with van der Waals surface area (Å²) in [7, 11) is 0. The SMILES string of the molecule is Cc1cnc(NC(=O)CCc2cncc(Br)c2)[nH]1. The molecular weight excluding hydrogens is 296 g/mol. The molecule has 2 aromatic heterocycles. The van der Waals surface area contributed by atoms with Gasteiger partial charge in [0.1, 0.15) is 0 Å². The Labute approximate surface area is 113 Å². The number of aromatic nitrogens is 3. The Morgan fingerprint density at radius 2 is 2.28 bits per heavy atom. The lowest BCUT2D eigenvalue weighted by molar-refractivity contribution is -0.116. The van der Waals surface area contributed by atoms with Crippen LogP contribution in [0.1, 0.15) is 17.7 Å². The number of carbonyl (C=O) groups excluding carboxylic acids is 1. The van der Waals surface area contributed by atoms with Crippen LogP contribution in [-0.2, 0) is 11.2 Å². The number of H-pyrrole nitrogens is 1. The van der Waals surface area contributed by atoms with Gasteiger partial charge in [0.05, 0.1) is 0 Å². The van der Waals surface area contributed by atoms with Crippen molar-refractivity contribution < 1.29 is 4.79 Å². The monoisotopic (exact) mass is 308 g/mol. The maximum absolute atomic E-state index is 11.7. The number of aryl methyl sites for hydroxylation is 2. The van der Waals surface area contributed by atoms with Gasteiger partial charge >= 0.3 is 0 Å². The van der Waals surface area contributed by atoms with E-state index >= 15 is 0 Å². The van der Waals surface area contributed by atoms with Gasteiger partial charge in [-0.15, -0.1) is 0 Å². The number of hydrogen-bond donors (Lipinski definition) is 2. The Morgan fingerprint density at radius 3 is 2.94 bits per heavy atom. The van der Waals surface area contributed by atoms with Crippen molar-refractivity contribution in [2.75, 3.05) is 5.32 Å². The van der Waals surface area contributed by atoms with E-state index in [4.69, 9.17) is 0 Å². The van der Waals surface area contributed by atoms with Crippen LogP contribution in [-0.4, -0.2) is 20.9 Å². The molecule has 0 unspecified atom stereocenters. The number of aromatic amines is 1. The maximum atomic E-state index is 11.7. The Kier molecular flexibility index (Phi) is 4.09. The zero-order valence-electron chi connectivity index (χ0n) is 9.90. The topological polar surface area (TPSA) is 70.7 Å². The first-order valence-corrected chi connectivity index (χ1v) is 6.33. The molecule has 18 heavy (non-hydrogen) atoms. The van der Waals surface area contributed by atoms with E-state index in [2.05, 4.69) is 36.2 Å².